The highest BCUT2D eigenvalue weighted by Crippen LogP contribution is 2.22. The molecule has 0 atom stereocenters. The number of nitrogens with two attached hydrogens (primary N) is 1. The second kappa shape index (κ2) is 6.76. The Morgan fingerprint density at radius 3 is 2.14 bits per heavy atom. The van der Waals surface area contributed by atoms with Gasteiger partial charge in [0.2, 0.25) is 0 Å². The Morgan fingerprint density at radius 2 is 1.59 bits per heavy atom. The zero-order valence-electron chi connectivity index (χ0n) is 12.6. The number of rotatable bonds is 5. The fraction of sp³-hybridized carbons (Fsp3) is 0.176. The molecule has 2 rings (SSSR count). The summed E-state index contributed by atoms with van der Waals surface area (Å²) in [5, 5.41) is 4.13. The van der Waals surface area contributed by atoms with Crippen LogP contribution in [-0.2, 0) is 0 Å². The Kier molecular flexibility index (Phi) is 4.78. The number of ether oxygens (including phenoxy) is 1. The van der Waals surface area contributed by atoms with E-state index in [9.17, 15) is 4.79 Å². The zero-order chi connectivity index (χ0) is 16.0. The molecule has 0 unspecified atom stereocenters. The van der Waals surface area contributed by atoms with E-state index in [1.165, 1.54) is 0 Å². The summed E-state index contributed by atoms with van der Waals surface area (Å²) in [6.07, 6.45) is 0. The van der Waals surface area contributed by atoms with E-state index >= 15 is 0 Å². The van der Waals surface area contributed by atoms with Crippen LogP contribution in [0.25, 0.3) is 0 Å². The largest absolute Gasteiger partial charge is 0.481 e. The predicted octanol–water partition coefficient (Wildman–Crippen LogP) is 2.92. The van der Waals surface area contributed by atoms with Crippen LogP contribution in [0, 0.1) is 0 Å². The first-order chi connectivity index (χ1) is 10.5. The number of amides is 2. The number of carbonyl (C=O) groups is 1. The van der Waals surface area contributed by atoms with E-state index in [1.54, 1.807) is 0 Å². The molecule has 3 N–H and O–H groups in total. The first kappa shape index (κ1) is 15.6. The van der Waals surface area contributed by atoms with Gasteiger partial charge in [-0.05, 0) is 26.0 Å². The van der Waals surface area contributed by atoms with Crippen molar-refractivity contribution in [2.45, 2.75) is 19.4 Å². The van der Waals surface area contributed by atoms with E-state index in [-0.39, 0.29) is 0 Å². The van der Waals surface area contributed by atoms with Gasteiger partial charge in [0.05, 0.1) is 0 Å². The van der Waals surface area contributed by atoms with Crippen molar-refractivity contribution in [1.29, 1.82) is 0 Å². The number of carbonyl (C=O) groups excluding carboxylic acids is 1. The molecule has 0 fully saturated rings. The molecule has 2 aromatic carbocycles. The van der Waals surface area contributed by atoms with Crippen molar-refractivity contribution in [1.82, 2.24) is 5.43 Å². The highest BCUT2D eigenvalue weighted by atomic mass is 16.5. The van der Waals surface area contributed by atoms with E-state index in [2.05, 4.69) is 10.5 Å². The summed E-state index contributed by atoms with van der Waals surface area (Å²) in [7, 11) is 0. The van der Waals surface area contributed by atoms with E-state index in [0.717, 1.165) is 11.3 Å². The summed E-state index contributed by atoms with van der Waals surface area (Å²) in [6.45, 7) is 3.77. The van der Waals surface area contributed by atoms with Crippen molar-refractivity contribution in [3.8, 4) is 5.75 Å². The molecule has 0 aliphatic rings. The quantitative estimate of drug-likeness (QED) is 0.657. The molecular weight excluding hydrogens is 278 g/mol. The molecule has 0 aliphatic carbocycles. The van der Waals surface area contributed by atoms with Gasteiger partial charge in [0, 0.05) is 5.56 Å². The van der Waals surface area contributed by atoms with Gasteiger partial charge in [-0.25, -0.2) is 10.2 Å². The molecular formula is C17H19N3O2. The first-order valence-electron chi connectivity index (χ1n) is 6.92. The Labute approximate surface area is 129 Å². The summed E-state index contributed by atoms with van der Waals surface area (Å²) in [4.78, 5) is 11.0. The van der Waals surface area contributed by atoms with Crippen LogP contribution in [0.15, 0.2) is 65.8 Å². The first-order valence-corrected chi connectivity index (χ1v) is 6.92. The number of hydrogen-bond acceptors (Lipinski definition) is 3. The summed E-state index contributed by atoms with van der Waals surface area (Å²) < 4.78 is 6.03. The molecule has 0 heterocycles. The number of hydrazone groups is 1. The predicted molar refractivity (Wildman–Crippen MR) is 86.8 cm³/mol. The molecule has 114 valence electrons. The topological polar surface area (TPSA) is 76.7 Å². The van der Waals surface area contributed by atoms with Crippen LogP contribution >= 0.6 is 0 Å². The van der Waals surface area contributed by atoms with Gasteiger partial charge in [-0.3, -0.25) is 0 Å². The molecule has 22 heavy (non-hydrogen) atoms. The van der Waals surface area contributed by atoms with Gasteiger partial charge in [0.1, 0.15) is 17.1 Å². The minimum absolute atomic E-state index is 0.579. The van der Waals surface area contributed by atoms with Crippen molar-refractivity contribution in [3.05, 3.63) is 66.2 Å². The zero-order valence-corrected chi connectivity index (χ0v) is 12.6. The molecule has 2 amide bonds. The average Bonchev–Trinajstić information content (AvgIpc) is 2.48. The summed E-state index contributed by atoms with van der Waals surface area (Å²) in [5.41, 5.74) is 8.06. The van der Waals surface area contributed by atoms with Crippen LogP contribution in [-0.4, -0.2) is 17.3 Å². The van der Waals surface area contributed by atoms with Gasteiger partial charge in [-0.2, -0.15) is 5.10 Å². The Morgan fingerprint density at radius 1 is 1.05 bits per heavy atom. The third-order valence-electron chi connectivity index (χ3n) is 3.01. The van der Waals surface area contributed by atoms with Gasteiger partial charge >= 0.3 is 6.03 Å². The standard InChI is InChI=1S/C17H19N3O2/c1-17(2,22-14-11-7-4-8-12-14)15(19-20-16(18)21)13-9-5-3-6-10-13/h3-12H,1-2H3,(H3,18,20,21)/b19-15+. The van der Waals surface area contributed by atoms with Crippen LogP contribution in [0.1, 0.15) is 19.4 Å². The second-order valence-corrected chi connectivity index (χ2v) is 5.23. The third-order valence-corrected chi connectivity index (χ3v) is 3.01. The highest BCUT2D eigenvalue weighted by Gasteiger charge is 2.29. The number of primary amides is 1. The number of nitrogens with one attached hydrogen (secondary N) is 1. The van der Waals surface area contributed by atoms with E-state index in [4.69, 9.17) is 10.5 Å². The SMILES string of the molecule is CC(C)(Oc1ccccc1)/C(=N/NC(N)=O)c1ccccc1. The molecule has 0 aliphatic heterocycles. The normalized spacial score (nSPS) is 11.8. The maximum absolute atomic E-state index is 11.0. The number of para-hydroxylation sites is 1. The molecule has 0 saturated heterocycles. The van der Waals surface area contributed by atoms with Gasteiger partial charge in [-0.1, -0.05) is 48.5 Å². The Balaban J connectivity index is 2.35. The summed E-state index contributed by atoms with van der Waals surface area (Å²) in [5.74, 6) is 0.718. The maximum Gasteiger partial charge on any atom is 0.332 e. The lowest BCUT2D eigenvalue weighted by Crippen LogP contribution is -2.41. The average molecular weight is 297 g/mol. The van der Waals surface area contributed by atoms with E-state index in [1.807, 2.05) is 74.5 Å². The molecule has 2 aromatic rings. The Hall–Kier alpha value is -2.82. The van der Waals surface area contributed by atoms with Crippen LogP contribution in [0.3, 0.4) is 0 Å². The maximum atomic E-state index is 11.0. The van der Waals surface area contributed by atoms with Crippen molar-refractivity contribution in [3.63, 3.8) is 0 Å². The second-order valence-electron chi connectivity index (χ2n) is 5.23. The van der Waals surface area contributed by atoms with Crippen molar-refractivity contribution in [2.24, 2.45) is 10.8 Å². The van der Waals surface area contributed by atoms with Gasteiger partial charge < -0.3 is 10.5 Å². The molecule has 0 bridgehead atoms. The highest BCUT2D eigenvalue weighted by molar-refractivity contribution is 6.06. The van der Waals surface area contributed by atoms with Gasteiger partial charge in [0.25, 0.3) is 0 Å². The third kappa shape index (κ3) is 4.09. The van der Waals surface area contributed by atoms with E-state index < -0.39 is 11.6 Å². The fourth-order valence-electron chi connectivity index (χ4n) is 2.09. The number of hydrogen-bond donors (Lipinski definition) is 2. The van der Waals surface area contributed by atoms with Crippen LogP contribution < -0.4 is 15.9 Å². The fourth-order valence-corrected chi connectivity index (χ4v) is 2.09. The lowest BCUT2D eigenvalue weighted by molar-refractivity contribution is 0.182. The molecule has 0 radical (unpaired) electrons. The van der Waals surface area contributed by atoms with Crippen molar-refractivity contribution >= 4 is 11.7 Å². The summed E-state index contributed by atoms with van der Waals surface area (Å²) >= 11 is 0. The molecule has 0 saturated carbocycles. The molecule has 0 spiro atoms. The lowest BCUT2D eigenvalue weighted by Gasteiger charge is -2.28. The Bertz CT molecular complexity index is 652. The number of benzene rings is 2. The molecule has 5 heteroatoms. The molecule has 5 nitrogen and oxygen atoms in total. The smallest absolute Gasteiger partial charge is 0.332 e. The minimum atomic E-state index is -0.759. The minimum Gasteiger partial charge on any atom is -0.481 e. The number of urea groups is 1. The number of nitrogens with zero attached hydrogens (tertiary/aromatic N) is 1. The van der Waals surface area contributed by atoms with Gasteiger partial charge in [0.15, 0.2) is 0 Å². The summed E-state index contributed by atoms with van der Waals surface area (Å²) in [6, 6.07) is 18.2. The van der Waals surface area contributed by atoms with Gasteiger partial charge in [-0.15, -0.1) is 0 Å². The van der Waals surface area contributed by atoms with Crippen LogP contribution in [0.2, 0.25) is 0 Å². The van der Waals surface area contributed by atoms with Crippen LogP contribution in [0.4, 0.5) is 4.79 Å². The van der Waals surface area contributed by atoms with Crippen LogP contribution in [0.5, 0.6) is 5.75 Å². The monoisotopic (exact) mass is 297 g/mol. The lowest BCUT2D eigenvalue weighted by atomic mass is 9.95. The molecule has 0 aromatic heterocycles. The van der Waals surface area contributed by atoms with Crippen molar-refractivity contribution < 1.29 is 9.53 Å². The van der Waals surface area contributed by atoms with E-state index in [0.29, 0.717) is 5.71 Å². The van der Waals surface area contributed by atoms with Crippen molar-refractivity contribution in [2.75, 3.05) is 0 Å².